The van der Waals surface area contributed by atoms with Crippen molar-refractivity contribution in [1.82, 2.24) is 5.43 Å². The zero-order chi connectivity index (χ0) is 22.5. The predicted molar refractivity (Wildman–Crippen MR) is 117 cm³/mol. The highest BCUT2D eigenvalue weighted by molar-refractivity contribution is 9.10. The van der Waals surface area contributed by atoms with Crippen LogP contribution in [-0.2, 0) is 19.1 Å². The second-order valence-corrected chi connectivity index (χ2v) is 7.37. The van der Waals surface area contributed by atoms with Crippen LogP contribution in [0.5, 0.6) is 11.5 Å². The number of carbonyl (C=O) groups excluding carboxylic acids is 3. The average molecular weight is 489 g/mol. The summed E-state index contributed by atoms with van der Waals surface area (Å²) >= 11 is 3.43. The summed E-state index contributed by atoms with van der Waals surface area (Å²) in [6.07, 6.45) is 0.628. The fraction of sp³-hybridized carbons (Fsp3) is 0.227. The van der Waals surface area contributed by atoms with Crippen molar-refractivity contribution in [1.29, 1.82) is 0 Å². The zero-order valence-electron chi connectivity index (χ0n) is 17.2. The number of anilines is 1. The first-order valence-corrected chi connectivity index (χ1v) is 10.3. The molecule has 0 unspecified atom stereocenters. The van der Waals surface area contributed by atoms with Crippen molar-refractivity contribution in [2.24, 2.45) is 0 Å². The summed E-state index contributed by atoms with van der Waals surface area (Å²) in [7, 11) is 1.28. The number of benzene rings is 2. The van der Waals surface area contributed by atoms with Gasteiger partial charge in [0.05, 0.1) is 19.4 Å². The molecule has 2 aromatic carbocycles. The number of amides is 2. The molecule has 1 saturated heterocycles. The number of hydrogen-bond acceptors (Lipinski definition) is 6. The molecule has 1 aliphatic heterocycles. The van der Waals surface area contributed by atoms with Gasteiger partial charge in [-0.05, 0) is 49.8 Å². The van der Waals surface area contributed by atoms with Crippen LogP contribution in [0.1, 0.15) is 19.4 Å². The number of carbonyl (C=O) groups is 3. The number of ether oxygens (including phenoxy) is 3. The Morgan fingerprint density at radius 2 is 1.90 bits per heavy atom. The fourth-order valence-electron chi connectivity index (χ4n) is 2.90. The smallest absolute Gasteiger partial charge is 0.346 e. The van der Waals surface area contributed by atoms with Crippen molar-refractivity contribution in [3.63, 3.8) is 0 Å². The summed E-state index contributed by atoms with van der Waals surface area (Å²) < 4.78 is 16.5. The van der Waals surface area contributed by atoms with E-state index in [0.29, 0.717) is 33.8 Å². The third kappa shape index (κ3) is 4.88. The number of rotatable bonds is 7. The van der Waals surface area contributed by atoms with E-state index in [1.165, 1.54) is 18.2 Å². The van der Waals surface area contributed by atoms with Crippen molar-refractivity contribution < 1.29 is 28.6 Å². The first-order chi connectivity index (χ1) is 14.8. The van der Waals surface area contributed by atoms with Gasteiger partial charge in [0.15, 0.2) is 17.6 Å². The van der Waals surface area contributed by atoms with E-state index in [-0.39, 0.29) is 5.57 Å². The van der Waals surface area contributed by atoms with Crippen LogP contribution < -0.4 is 19.9 Å². The van der Waals surface area contributed by atoms with Crippen molar-refractivity contribution >= 4 is 45.5 Å². The van der Waals surface area contributed by atoms with E-state index >= 15 is 0 Å². The Morgan fingerprint density at radius 3 is 2.55 bits per heavy atom. The summed E-state index contributed by atoms with van der Waals surface area (Å²) in [5.74, 6) is -0.834. The van der Waals surface area contributed by atoms with E-state index < -0.39 is 23.9 Å². The van der Waals surface area contributed by atoms with Crippen LogP contribution in [0.15, 0.2) is 52.5 Å². The van der Waals surface area contributed by atoms with E-state index in [9.17, 15) is 14.4 Å². The number of halogens is 1. The maximum absolute atomic E-state index is 12.8. The average Bonchev–Trinajstić information content (AvgIpc) is 3.05. The van der Waals surface area contributed by atoms with Gasteiger partial charge in [0.25, 0.3) is 11.8 Å². The molecule has 31 heavy (non-hydrogen) atoms. The lowest BCUT2D eigenvalue weighted by molar-refractivity contribution is -0.148. The number of hydrogen-bond donors (Lipinski definition) is 1. The highest BCUT2D eigenvalue weighted by Crippen LogP contribution is 2.36. The Balaban J connectivity index is 1.94. The van der Waals surface area contributed by atoms with E-state index in [4.69, 9.17) is 9.47 Å². The summed E-state index contributed by atoms with van der Waals surface area (Å²) in [6, 6.07) is 12.1. The molecular formula is C22H21BrN2O6. The van der Waals surface area contributed by atoms with Crippen molar-refractivity contribution in [2.45, 2.75) is 20.0 Å². The minimum Gasteiger partial charge on any atom is -0.490 e. The lowest BCUT2D eigenvalue weighted by atomic mass is 10.1. The van der Waals surface area contributed by atoms with E-state index in [2.05, 4.69) is 26.1 Å². The molecule has 0 radical (unpaired) electrons. The van der Waals surface area contributed by atoms with Gasteiger partial charge in [0.1, 0.15) is 5.57 Å². The minimum atomic E-state index is -0.845. The summed E-state index contributed by atoms with van der Waals surface area (Å²) in [5, 5.41) is 1.20. The highest BCUT2D eigenvalue weighted by Gasteiger charge is 2.34. The van der Waals surface area contributed by atoms with E-state index in [1.807, 2.05) is 6.07 Å². The van der Waals surface area contributed by atoms with Crippen molar-refractivity contribution in [3.05, 3.63) is 58.1 Å². The van der Waals surface area contributed by atoms with Gasteiger partial charge in [0, 0.05) is 4.47 Å². The summed E-state index contributed by atoms with van der Waals surface area (Å²) in [6.45, 7) is 3.71. The number of hydrazine groups is 1. The topological polar surface area (TPSA) is 94.2 Å². The summed E-state index contributed by atoms with van der Waals surface area (Å²) in [5.41, 5.74) is 3.63. The first-order valence-electron chi connectivity index (χ1n) is 9.48. The van der Waals surface area contributed by atoms with Gasteiger partial charge in [0.2, 0.25) is 0 Å². The molecule has 1 aliphatic rings. The second-order valence-electron chi connectivity index (χ2n) is 6.51. The number of nitrogens with one attached hydrogen (secondary N) is 1. The van der Waals surface area contributed by atoms with Crippen LogP contribution in [0.4, 0.5) is 5.69 Å². The monoisotopic (exact) mass is 488 g/mol. The first kappa shape index (κ1) is 22.4. The SMILES string of the molecule is CCOc1cc(/C=C2/C(=O)NN(c3ccccc3)C2=O)c(Br)cc1O[C@@H](C)C(=O)OC. The molecule has 0 aromatic heterocycles. The van der Waals surface area contributed by atoms with Crippen molar-refractivity contribution in [3.8, 4) is 11.5 Å². The second kappa shape index (κ2) is 9.65. The molecule has 162 valence electrons. The number of esters is 1. The largest absolute Gasteiger partial charge is 0.490 e. The van der Waals surface area contributed by atoms with Crippen LogP contribution in [0.3, 0.4) is 0 Å². The lowest BCUT2D eigenvalue weighted by Gasteiger charge is -2.17. The Bertz CT molecular complexity index is 1040. The van der Waals surface area contributed by atoms with Gasteiger partial charge >= 0.3 is 5.97 Å². The Hall–Kier alpha value is -3.33. The molecule has 0 aliphatic carbocycles. The standard InChI is InChI=1S/C22H21BrN2O6/c1-4-30-18-11-14(17(23)12-19(18)31-13(2)22(28)29-3)10-16-20(26)24-25(21(16)27)15-8-6-5-7-9-15/h5-13H,4H2,1-3H3,(H,24,26)/b16-10-/t13-/m0/s1. The predicted octanol–water partition coefficient (Wildman–Crippen LogP) is 3.25. The summed E-state index contributed by atoms with van der Waals surface area (Å²) in [4.78, 5) is 37.0. The maximum atomic E-state index is 12.8. The van der Waals surface area contributed by atoms with Crippen LogP contribution >= 0.6 is 15.9 Å². The quantitative estimate of drug-likeness (QED) is 0.365. The van der Waals surface area contributed by atoms with E-state index in [0.717, 1.165) is 0 Å². The van der Waals surface area contributed by atoms with Crippen molar-refractivity contribution in [2.75, 3.05) is 18.7 Å². The Kier molecular flexibility index (Phi) is 6.96. The molecule has 1 fully saturated rings. The molecule has 0 spiro atoms. The molecule has 1 N–H and O–H groups in total. The van der Waals surface area contributed by atoms with Crippen LogP contribution in [0.25, 0.3) is 6.08 Å². The number of para-hydroxylation sites is 1. The van der Waals surface area contributed by atoms with Crippen LogP contribution in [0.2, 0.25) is 0 Å². The van der Waals surface area contributed by atoms with Gasteiger partial charge in [-0.3, -0.25) is 15.0 Å². The molecule has 2 amide bonds. The molecule has 1 heterocycles. The molecular weight excluding hydrogens is 468 g/mol. The molecule has 0 bridgehead atoms. The third-order valence-corrected chi connectivity index (χ3v) is 5.09. The van der Waals surface area contributed by atoms with E-state index in [1.54, 1.807) is 50.2 Å². The normalized spacial score (nSPS) is 15.6. The molecule has 8 nitrogen and oxygen atoms in total. The third-order valence-electron chi connectivity index (χ3n) is 4.41. The minimum absolute atomic E-state index is 0.0244. The number of methoxy groups -OCH3 is 1. The zero-order valence-corrected chi connectivity index (χ0v) is 18.8. The fourth-order valence-corrected chi connectivity index (χ4v) is 3.34. The molecule has 9 heteroatoms. The number of nitrogens with zero attached hydrogens (tertiary/aromatic N) is 1. The molecule has 0 saturated carbocycles. The van der Waals surface area contributed by atoms with Gasteiger partial charge in [-0.15, -0.1) is 0 Å². The highest BCUT2D eigenvalue weighted by atomic mass is 79.9. The Labute approximate surface area is 187 Å². The maximum Gasteiger partial charge on any atom is 0.346 e. The molecule has 2 aromatic rings. The lowest BCUT2D eigenvalue weighted by Crippen LogP contribution is -2.35. The van der Waals surface area contributed by atoms with Gasteiger partial charge < -0.3 is 14.2 Å². The Morgan fingerprint density at radius 1 is 1.19 bits per heavy atom. The van der Waals surface area contributed by atoms with Gasteiger partial charge in [-0.1, -0.05) is 34.1 Å². The van der Waals surface area contributed by atoms with Crippen LogP contribution in [0, 0.1) is 0 Å². The molecule has 1 atom stereocenters. The van der Waals surface area contributed by atoms with Gasteiger partial charge in [-0.25, -0.2) is 9.80 Å². The van der Waals surface area contributed by atoms with Crippen LogP contribution in [-0.4, -0.2) is 37.6 Å². The van der Waals surface area contributed by atoms with Gasteiger partial charge in [-0.2, -0.15) is 0 Å². The molecule has 3 rings (SSSR count).